The Morgan fingerprint density at radius 1 is 0.552 bits per heavy atom. The number of nitrogens with zero attached hydrogens (tertiary/aromatic N) is 1. The Hall–Kier alpha value is -3.47. The minimum Gasteiger partial charge on any atom is -0.201 e. The molecule has 5 rings (SSSR count). The second kappa shape index (κ2) is 6.27. The van der Waals surface area contributed by atoms with Gasteiger partial charge in [0, 0.05) is 0 Å². The van der Waals surface area contributed by atoms with E-state index in [1.807, 2.05) is 24.3 Å². The average Bonchev–Trinajstić information content (AvgIpc) is 3.05. The molecule has 142 valence electrons. The molecule has 0 amide bonds. The molecule has 0 saturated carbocycles. The fraction of sp³-hybridized carbons (Fsp3) is 0.0417. The lowest BCUT2D eigenvalue weighted by atomic mass is 9.67. The zero-order valence-corrected chi connectivity index (χ0v) is 15.0. The molecule has 5 heteroatoms. The van der Waals surface area contributed by atoms with E-state index >= 15 is 8.78 Å². The van der Waals surface area contributed by atoms with Crippen LogP contribution in [0.3, 0.4) is 0 Å². The van der Waals surface area contributed by atoms with Crippen molar-refractivity contribution in [1.29, 1.82) is 0 Å². The van der Waals surface area contributed by atoms with Gasteiger partial charge in [-0.25, -0.2) is 8.78 Å². The zero-order chi connectivity index (χ0) is 20.2. The van der Waals surface area contributed by atoms with Crippen LogP contribution in [0.5, 0.6) is 0 Å². The topological polar surface area (TPSA) is 12.9 Å². The number of rotatable bonds is 2. The Morgan fingerprint density at radius 2 is 1.00 bits per heavy atom. The zero-order valence-electron chi connectivity index (χ0n) is 15.0. The van der Waals surface area contributed by atoms with Gasteiger partial charge in [-0.1, -0.05) is 78.9 Å². The fourth-order valence-electron chi connectivity index (χ4n) is 4.46. The highest BCUT2D eigenvalue weighted by atomic mass is 19.2. The fourth-order valence-corrected chi connectivity index (χ4v) is 4.46. The maximum absolute atomic E-state index is 15.2. The average molecular weight is 391 g/mol. The number of aromatic nitrogens is 1. The molecule has 0 unspecified atom stereocenters. The van der Waals surface area contributed by atoms with Gasteiger partial charge in [0.15, 0.2) is 11.6 Å². The van der Waals surface area contributed by atoms with Crippen molar-refractivity contribution in [2.24, 2.45) is 0 Å². The van der Waals surface area contributed by atoms with Gasteiger partial charge in [0.25, 0.3) is 11.9 Å². The van der Waals surface area contributed by atoms with Crippen molar-refractivity contribution >= 4 is 0 Å². The van der Waals surface area contributed by atoms with E-state index < -0.39 is 34.5 Å². The van der Waals surface area contributed by atoms with Gasteiger partial charge in [0.05, 0.1) is 11.0 Å². The summed E-state index contributed by atoms with van der Waals surface area (Å²) in [7, 11) is 0. The van der Waals surface area contributed by atoms with E-state index in [1.54, 1.807) is 54.6 Å². The molecule has 1 aliphatic carbocycles. The van der Waals surface area contributed by atoms with E-state index in [9.17, 15) is 8.78 Å². The normalized spacial score (nSPS) is 13.8. The van der Waals surface area contributed by atoms with Gasteiger partial charge in [-0.15, -0.1) is 0 Å². The van der Waals surface area contributed by atoms with Crippen LogP contribution in [0, 0.1) is 23.5 Å². The number of halogens is 4. The number of fused-ring (bicyclic) bond motifs is 3. The van der Waals surface area contributed by atoms with Crippen LogP contribution in [0.25, 0.3) is 11.1 Å². The third-order valence-corrected chi connectivity index (χ3v) is 5.53. The van der Waals surface area contributed by atoms with Crippen molar-refractivity contribution in [3.63, 3.8) is 0 Å². The van der Waals surface area contributed by atoms with Crippen LogP contribution >= 0.6 is 0 Å². The molecule has 0 atom stereocenters. The summed E-state index contributed by atoms with van der Waals surface area (Å²) < 4.78 is 58.8. The highest BCUT2D eigenvalue weighted by Crippen LogP contribution is 2.57. The monoisotopic (exact) mass is 391 g/mol. The Morgan fingerprint density at radius 3 is 1.52 bits per heavy atom. The number of benzene rings is 3. The molecule has 29 heavy (non-hydrogen) atoms. The number of hydrogen-bond donors (Lipinski definition) is 0. The third-order valence-electron chi connectivity index (χ3n) is 5.53. The molecule has 0 N–H and O–H groups in total. The van der Waals surface area contributed by atoms with Gasteiger partial charge in [-0.05, 0) is 27.8 Å². The summed E-state index contributed by atoms with van der Waals surface area (Å²) >= 11 is 0. The largest absolute Gasteiger partial charge is 0.252 e. The molecule has 0 radical (unpaired) electrons. The van der Waals surface area contributed by atoms with Gasteiger partial charge < -0.3 is 0 Å². The van der Waals surface area contributed by atoms with Crippen LogP contribution in [-0.2, 0) is 5.41 Å². The van der Waals surface area contributed by atoms with Crippen LogP contribution in [0.4, 0.5) is 17.6 Å². The van der Waals surface area contributed by atoms with Crippen LogP contribution in [0.2, 0.25) is 0 Å². The quantitative estimate of drug-likeness (QED) is 0.266. The van der Waals surface area contributed by atoms with Crippen molar-refractivity contribution in [3.05, 3.63) is 125 Å². The van der Waals surface area contributed by atoms with Crippen LogP contribution in [-0.4, -0.2) is 4.98 Å². The minimum absolute atomic E-state index is 0.500. The van der Waals surface area contributed by atoms with Crippen LogP contribution in [0.1, 0.15) is 22.3 Å². The smallest absolute Gasteiger partial charge is 0.201 e. The molecule has 1 heterocycles. The highest BCUT2D eigenvalue weighted by molar-refractivity contribution is 5.86. The van der Waals surface area contributed by atoms with Gasteiger partial charge in [0.2, 0.25) is 0 Å². The predicted molar refractivity (Wildman–Crippen MR) is 101 cm³/mol. The molecular formula is C24H13F4N. The van der Waals surface area contributed by atoms with Crippen LogP contribution < -0.4 is 0 Å². The Bertz CT molecular complexity index is 1180. The summed E-state index contributed by atoms with van der Waals surface area (Å²) in [5.41, 5.74) is 0.844. The van der Waals surface area contributed by atoms with Crippen molar-refractivity contribution in [2.75, 3.05) is 0 Å². The summed E-state index contributed by atoms with van der Waals surface area (Å²) in [6.45, 7) is 0. The summed E-state index contributed by atoms with van der Waals surface area (Å²) in [5.74, 6) is -6.34. The first-order chi connectivity index (χ1) is 14.1. The standard InChI is InChI=1S/C24H13F4N/c25-20-19(21(26)23(28)29-22(20)27)24(14-8-2-1-3-9-14)17-12-6-4-10-15(17)16-11-5-7-13-18(16)24/h1-13H. The van der Waals surface area contributed by atoms with E-state index in [1.165, 1.54) is 0 Å². The SMILES string of the molecule is Fc1nc(F)c(F)c(C2(c3ccccc3)c3ccccc3-c3ccccc32)c1F. The lowest BCUT2D eigenvalue weighted by molar-refractivity contribution is 0.386. The van der Waals surface area contributed by atoms with E-state index in [-0.39, 0.29) is 0 Å². The Labute approximate surface area is 164 Å². The number of hydrogen-bond acceptors (Lipinski definition) is 1. The highest BCUT2D eigenvalue weighted by Gasteiger charge is 2.50. The first-order valence-corrected chi connectivity index (χ1v) is 9.02. The third kappa shape index (κ3) is 2.24. The van der Waals surface area contributed by atoms with E-state index in [0.717, 1.165) is 11.1 Å². The summed E-state index contributed by atoms with van der Waals surface area (Å²) in [6.07, 6.45) is 0. The predicted octanol–water partition coefficient (Wildman–Crippen LogP) is 6.00. The van der Waals surface area contributed by atoms with Gasteiger partial charge in [-0.3, -0.25) is 0 Å². The molecule has 1 aliphatic rings. The lowest BCUT2D eigenvalue weighted by Crippen LogP contribution is -2.32. The first-order valence-electron chi connectivity index (χ1n) is 9.02. The Kier molecular flexibility index (Phi) is 3.81. The van der Waals surface area contributed by atoms with E-state index in [0.29, 0.717) is 16.7 Å². The maximum atomic E-state index is 15.2. The van der Waals surface area contributed by atoms with Gasteiger partial charge in [-0.2, -0.15) is 13.8 Å². The minimum atomic E-state index is -1.67. The molecule has 0 spiro atoms. The van der Waals surface area contributed by atoms with Crippen molar-refractivity contribution in [3.8, 4) is 11.1 Å². The maximum Gasteiger partial charge on any atom is 0.252 e. The summed E-state index contributed by atoms with van der Waals surface area (Å²) in [5, 5.41) is 0. The van der Waals surface area contributed by atoms with Crippen LogP contribution in [0.15, 0.2) is 78.9 Å². The molecule has 4 aromatic rings. The van der Waals surface area contributed by atoms with Crippen molar-refractivity contribution < 1.29 is 17.6 Å². The first kappa shape index (κ1) is 17.6. The molecule has 3 aromatic carbocycles. The molecule has 0 bridgehead atoms. The second-order valence-electron chi connectivity index (χ2n) is 6.90. The summed E-state index contributed by atoms with van der Waals surface area (Å²) in [6, 6.07) is 22.9. The molecule has 0 aliphatic heterocycles. The van der Waals surface area contributed by atoms with E-state index in [2.05, 4.69) is 4.98 Å². The Balaban J connectivity index is 2.05. The second-order valence-corrected chi connectivity index (χ2v) is 6.90. The lowest BCUT2D eigenvalue weighted by Gasteiger charge is -2.34. The van der Waals surface area contributed by atoms with Gasteiger partial charge in [0.1, 0.15) is 0 Å². The number of pyridine rings is 1. The van der Waals surface area contributed by atoms with Crippen molar-refractivity contribution in [1.82, 2.24) is 4.98 Å². The molecule has 1 aromatic heterocycles. The summed E-state index contributed by atoms with van der Waals surface area (Å²) in [4.78, 5) is 2.76. The molecule has 1 nitrogen and oxygen atoms in total. The molecular weight excluding hydrogens is 378 g/mol. The molecule has 0 fully saturated rings. The van der Waals surface area contributed by atoms with E-state index in [4.69, 9.17) is 0 Å². The van der Waals surface area contributed by atoms with Gasteiger partial charge >= 0.3 is 0 Å². The molecule has 0 saturated heterocycles. The van der Waals surface area contributed by atoms with Crippen molar-refractivity contribution in [2.45, 2.75) is 5.41 Å².